The first-order chi connectivity index (χ1) is 9.22. The Labute approximate surface area is 119 Å². The lowest BCUT2D eigenvalue weighted by atomic mass is 10.2. The number of hydrogen-bond donors (Lipinski definition) is 1. The van der Waals surface area contributed by atoms with Gasteiger partial charge in [0.25, 0.3) is 0 Å². The molecule has 3 aromatic rings. The van der Waals surface area contributed by atoms with Crippen molar-refractivity contribution in [1.82, 2.24) is 0 Å². The molecule has 19 heavy (non-hydrogen) atoms. The maximum atomic E-state index is 9.38. The molecule has 0 saturated heterocycles. The maximum Gasteiger partial charge on any atom is 0.123 e. The van der Waals surface area contributed by atoms with E-state index < -0.39 is 0 Å². The Morgan fingerprint density at radius 3 is 2.89 bits per heavy atom. The van der Waals surface area contributed by atoms with Crippen molar-refractivity contribution in [1.29, 1.82) is 0 Å². The van der Waals surface area contributed by atoms with Crippen LogP contribution < -0.4 is 4.74 Å². The van der Waals surface area contributed by atoms with E-state index in [2.05, 4.69) is 5.38 Å². The first kappa shape index (κ1) is 12.3. The summed E-state index contributed by atoms with van der Waals surface area (Å²) in [5, 5.41) is 13.3. The molecule has 3 rings (SSSR count). The number of ether oxygens (including phenoxy) is 1. The van der Waals surface area contributed by atoms with Crippen molar-refractivity contribution in [3.05, 3.63) is 58.4 Å². The van der Waals surface area contributed by atoms with Gasteiger partial charge in [-0.15, -0.1) is 11.3 Å². The largest absolute Gasteiger partial charge is 0.508 e. The number of hydrogen-bond acceptors (Lipinski definition) is 3. The predicted molar refractivity (Wildman–Crippen MR) is 79.3 cm³/mol. The van der Waals surface area contributed by atoms with Gasteiger partial charge in [0, 0.05) is 26.7 Å². The van der Waals surface area contributed by atoms with Crippen molar-refractivity contribution >= 4 is 33.0 Å². The molecule has 1 aromatic heterocycles. The maximum absolute atomic E-state index is 9.38. The van der Waals surface area contributed by atoms with Gasteiger partial charge in [-0.05, 0) is 35.7 Å². The van der Waals surface area contributed by atoms with Gasteiger partial charge in [-0.3, -0.25) is 0 Å². The van der Waals surface area contributed by atoms with E-state index in [9.17, 15) is 5.11 Å². The van der Waals surface area contributed by atoms with Crippen LogP contribution in [0.4, 0.5) is 0 Å². The average molecular weight is 291 g/mol. The summed E-state index contributed by atoms with van der Waals surface area (Å²) in [5.41, 5.74) is 1.10. The van der Waals surface area contributed by atoms with E-state index in [0.29, 0.717) is 12.4 Å². The second kappa shape index (κ2) is 5.11. The molecule has 0 fully saturated rings. The van der Waals surface area contributed by atoms with E-state index in [1.54, 1.807) is 29.5 Å². The summed E-state index contributed by atoms with van der Waals surface area (Å²) in [6.07, 6.45) is 0. The molecule has 96 valence electrons. The highest BCUT2D eigenvalue weighted by Crippen LogP contribution is 2.29. The third kappa shape index (κ3) is 2.67. The number of rotatable bonds is 3. The standard InChI is InChI=1S/C15H11ClO2S/c16-11-4-5-15-14(6-11)10(9-19-15)8-18-13-3-1-2-12(17)7-13/h1-7,9,17H,8H2. The molecule has 2 aromatic carbocycles. The van der Waals surface area contributed by atoms with E-state index in [4.69, 9.17) is 16.3 Å². The first-order valence-corrected chi connectivity index (χ1v) is 7.05. The summed E-state index contributed by atoms with van der Waals surface area (Å²) in [5.74, 6) is 0.858. The van der Waals surface area contributed by atoms with Gasteiger partial charge in [-0.1, -0.05) is 17.7 Å². The van der Waals surface area contributed by atoms with Crippen molar-refractivity contribution < 1.29 is 9.84 Å². The highest BCUT2D eigenvalue weighted by atomic mass is 35.5. The van der Waals surface area contributed by atoms with Gasteiger partial charge in [-0.25, -0.2) is 0 Å². The van der Waals surface area contributed by atoms with E-state index in [1.165, 1.54) is 4.70 Å². The molecule has 0 amide bonds. The molecule has 0 aliphatic rings. The minimum Gasteiger partial charge on any atom is -0.508 e. The molecule has 0 saturated carbocycles. The van der Waals surface area contributed by atoms with Gasteiger partial charge in [0.15, 0.2) is 0 Å². The Morgan fingerprint density at radius 2 is 2.05 bits per heavy atom. The molecule has 4 heteroatoms. The average Bonchev–Trinajstić information content (AvgIpc) is 2.79. The van der Waals surface area contributed by atoms with Crippen LogP contribution in [0, 0.1) is 0 Å². The summed E-state index contributed by atoms with van der Waals surface area (Å²) in [7, 11) is 0. The molecule has 0 radical (unpaired) electrons. The number of aromatic hydroxyl groups is 1. The van der Waals surface area contributed by atoms with Gasteiger partial charge in [0.1, 0.15) is 18.1 Å². The number of phenols is 1. The minimum atomic E-state index is 0.204. The lowest BCUT2D eigenvalue weighted by Crippen LogP contribution is -1.93. The lowest BCUT2D eigenvalue weighted by molar-refractivity contribution is 0.306. The zero-order chi connectivity index (χ0) is 13.2. The fourth-order valence-corrected chi connectivity index (χ4v) is 3.00. The minimum absolute atomic E-state index is 0.204. The van der Waals surface area contributed by atoms with Gasteiger partial charge < -0.3 is 9.84 Å². The summed E-state index contributed by atoms with van der Waals surface area (Å²) in [6.45, 7) is 0.462. The van der Waals surface area contributed by atoms with E-state index in [-0.39, 0.29) is 5.75 Å². The number of phenolic OH excluding ortho intramolecular Hbond substituents is 1. The van der Waals surface area contributed by atoms with Crippen LogP contribution in [0.5, 0.6) is 11.5 Å². The van der Waals surface area contributed by atoms with E-state index in [0.717, 1.165) is 16.0 Å². The van der Waals surface area contributed by atoms with Crippen molar-refractivity contribution in [2.75, 3.05) is 0 Å². The Hall–Kier alpha value is -1.71. The van der Waals surface area contributed by atoms with Crippen LogP contribution in [-0.2, 0) is 6.61 Å². The van der Waals surface area contributed by atoms with Crippen LogP contribution >= 0.6 is 22.9 Å². The third-order valence-corrected chi connectivity index (χ3v) is 4.08. The van der Waals surface area contributed by atoms with Crippen molar-refractivity contribution in [2.45, 2.75) is 6.61 Å². The number of benzene rings is 2. The van der Waals surface area contributed by atoms with Crippen molar-refractivity contribution in [3.63, 3.8) is 0 Å². The molecular weight excluding hydrogens is 280 g/mol. The van der Waals surface area contributed by atoms with E-state index >= 15 is 0 Å². The second-order valence-corrected chi connectivity index (χ2v) is 5.54. The summed E-state index contributed by atoms with van der Waals surface area (Å²) in [4.78, 5) is 0. The normalized spacial score (nSPS) is 10.8. The Morgan fingerprint density at radius 1 is 1.16 bits per heavy atom. The lowest BCUT2D eigenvalue weighted by Gasteiger charge is -2.05. The second-order valence-electron chi connectivity index (χ2n) is 4.19. The molecule has 1 N–H and O–H groups in total. The highest BCUT2D eigenvalue weighted by molar-refractivity contribution is 7.17. The molecule has 0 spiro atoms. The molecule has 2 nitrogen and oxygen atoms in total. The topological polar surface area (TPSA) is 29.5 Å². The van der Waals surface area contributed by atoms with Crippen LogP contribution in [0.15, 0.2) is 47.8 Å². The van der Waals surface area contributed by atoms with Crippen LogP contribution in [0.2, 0.25) is 5.02 Å². The van der Waals surface area contributed by atoms with Crippen LogP contribution in [0.25, 0.3) is 10.1 Å². The number of thiophene rings is 1. The molecular formula is C15H11ClO2S. The summed E-state index contributed by atoms with van der Waals surface area (Å²) in [6, 6.07) is 12.7. The molecule has 0 aliphatic heterocycles. The van der Waals surface area contributed by atoms with Crippen LogP contribution in [0.1, 0.15) is 5.56 Å². The molecule has 0 aliphatic carbocycles. The first-order valence-electron chi connectivity index (χ1n) is 5.80. The summed E-state index contributed by atoms with van der Waals surface area (Å²) < 4.78 is 6.88. The van der Waals surface area contributed by atoms with Gasteiger partial charge >= 0.3 is 0 Å². The van der Waals surface area contributed by atoms with Gasteiger partial charge in [0.05, 0.1) is 0 Å². The number of fused-ring (bicyclic) bond motifs is 1. The van der Waals surface area contributed by atoms with Gasteiger partial charge in [-0.2, -0.15) is 0 Å². The zero-order valence-corrected chi connectivity index (χ0v) is 11.5. The quantitative estimate of drug-likeness (QED) is 0.748. The Bertz CT molecular complexity index is 721. The van der Waals surface area contributed by atoms with Gasteiger partial charge in [0.2, 0.25) is 0 Å². The Kier molecular flexibility index (Phi) is 3.32. The molecule has 0 atom stereocenters. The monoisotopic (exact) mass is 290 g/mol. The number of halogens is 1. The molecule has 0 unspecified atom stereocenters. The Balaban J connectivity index is 1.84. The molecule has 1 heterocycles. The zero-order valence-electron chi connectivity index (χ0n) is 9.97. The van der Waals surface area contributed by atoms with Crippen molar-refractivity contribution in [3.8, 4) is 11.5 Å². The predicted octanol–water partition coefficient (Wildman–Crippen LogP) is 4.84. The fraction of sp³-hybridized carbons (Fsp3) is 0.0667. The SMILES string of the molecule is Oc1cccc(OCc2csc3ccc(Cl)cc23)c1. The third-order valence-electron chi connectivity index (χ3n) is 2.83. The van der Waals surface area contributed by atoms with Crippen LogP contribution in [0.3, 0.4) is 0 Å². The van der Waals surface area contributed by atoms with Crippen molar-refractivity contribution in [2.24, 2.45) is 0 Å². The smallest absolute Gasteiger partial charge is 0.123 e. The summed E-state index contributed by atoms with van der Waals surface area (Å²) >= 11 is 7.69. The highest BCUT2D eigenvalue weighted by Gasteiger charge is 2.06. The van der Waals surface area contributed by atoms with Crippen LogP contribution in [-0.4, -0.2) is 5.11 Å². The fourth-order valence-electron chi connectivity index (χ4n) is 1.90. The van der Waals surface area contributed by atoms with E-state index in [1.807, 2.05) is 24.3 Å². The molecule has 0 bridgehead atoms.